The number of amides is 1. The van der Waals surface area contributed by atoms with Crippen LogP contribution in [0.25, 0.3) is 0 Å². The summed E-state index contributed by atoms with van der Waals surface area (Å²) in [4.78, 5) is 10.7. The monoisotopic (exact) mass is 255 g/mol. The predicted octanol–water partition coefficient (Wildman–Crippen LogP) is -0.0849. The summed E-state index contributed by atoms with van der Waals surface area (Å²) in [5, 5.41) is 11.8. The van der Waals surface area contributed by atoms with Gasteiger partial charge in [-0.25, -0.2) is 0 Å². The Kier molecular flexibility index (Phi) is 6.52. The van der Waals surface area contributed by atoms with Gasteiger partial charge >= 0.3 is 84.5 Å². The Bertz CT molecular complexity index is 175. The van der Waals surface area contributed by atoms with Crippen LogP contribution in [0.5, 0.6) is 0 Å². The Morgan fingerprint density at radius 2 is 2.33 bits per heavy atom. The van der Waals surface area contributed by atoms with Gasteiger partial charge in [-0.1, -0.05) is 0 Å². The second kappa shape index (κ2) is 6.52. The molecule has 0 unspecified atom stereocenters. The van der Waals surface area contributed by atoms with E-state index in [0.29, 0.717) is 0 Å². The van der Waals surface area contributed by atoms with Crippen molar-refractivity contribution in [2.45, 2.75) is 19.4 Å². The third kappa shape index (κ3) is 5.63. The van der Waals surface area contributed by atoms with Crippen LogP contribution in [-0.4, -0.2) is 49.2 Å². The van der Waals surface area contributed by atoms with Crippen LogP contribution in [0.1, 0.15) is 13.3 Å². The van der Waals surface area contributed by atoms with Crippen molar-refractivity contribution in [3.8, 4) is 0 Å². The zero-order chi connectivity index (χ0) is 9.56. The number of hydrogen-bond donors (Lipinski definition) is 2. The van der Waals surface area contributed by atoms with E-state index in [9.17, 15) is 4.79 Å². The van der Waals surface area contributed by atoms with Crippen LogP contribution in [0.15, 0.2) is 0 Å². The average Bonchev–Trinajstić information content (AvgIpc) is 1.96. The Labute approximate surface area is 84.7 Å². The van der Waals surface area contributed by atoms with Crippen LogP contribution >= 0.6 is 11.8 Å². The standard InChI is InChI=1S/C7H13NO2SSe/c1-5(9)8-6(7(10)12)3-4-11-2/h6H,3-4H2,1-2H3,(H,8,9)(H,10,12)/t6-/m0/s1. The number of nitrogens with one attached hydrogen (secondary N) is 1. The molecule has 0 saturated carbocycles. The molecule has 3 nitrogen and oxygen atoms in total. The summed E-state index contributed by atoms with van der Waals surface area (Å²) in [5.74, 6) is 0.791. The summed E-state index contributed by atoms with van der Waals surface area (Å²) in [7, 11) is 0. The molecular weight excluding hydrogens is 241 g/mol. The molecule has 5 heteroatoms. The van der Waals surface area contributed by atoms with E-state index in [2.05, 4.69) is 20.9 Å². The summed E-state index contributed by atoms with van der Waals surface area (Å²) in [6.45, 7) is 1.44. The van der Waals surface area contributed by atoms with E-state index in [1.807, 2.05) is 6.26 Å². The van der Waals surface area contributed by atoms with Crippen LogP contribution in [0, 0.1) is 0 Å². The first kappa shape index (κ1) is 12.0. The molecule has 0 heterocycles. The Morgan fingerprint density at radius 1 is 1.75 bits per heavy atom. The minimum absolute atomic E-state index is 0.122. The molecule has 0 spiro atoms. The van der Waals surface area contributed by atoms with E-state index in [4.69, 9.17) is 5.11 Å². The number of carbonyl (C=O) groups excluding carboxylic acids is 1. The normalized spacial score (nSPS) is 12.2. The van der Waals surface area contributed by atoms with E-state index >= 15 is 0 Å². The number of thioether (sulfide) groups is 1. The average molecular weight is 254 g/mol. The van der Waals surface area contributed by atoms with Gasteiger partial charge in [-0.2, -0.15) is 0 Å². The van der Waals surface area contributed by atoms with E-state index in [-0.39, 0.29) is 16.6 Å². The molecule has 2 N–H and O–H groups in total. The number of aliphatic hydroxyl groups excluding tert-OH is 1. The summed E-state index contributed by atoms with van der Waals surface area (Å²) >= 11 is 4.19. The van der Waals surface area contributed by atoms with Crippen LogP contribution in [-0.2, 0) is 4.79 Å². The van der Waals surface area contributed by atoms with Crippen LogP contribution in [0.3, 0.4) is 0 Å². The third-order valence-corrected chi connectivity index (χ3v) is 2.53. The topological polar surface area (TPSA) is 49.3 Å². The van der Waals surface area contributed by atoms with Crippen molar-refractivity contribution in [2.24, 2.45) is 0 Å². The summed E-state index contributed by atoms with van der Waals surface area (Å²) in [6, 6.07) is -0.241. The van der Waals surface area contributed by atoms with Gasteiger partial charge in [0, 0.05) is 0 Å². The molecule has 70 valence electrons. The minimum atomic E-state index is -0.241. The fourth-order valence-corrected chi connectivity index (χ4v) is 1.58. The number of aliphatic hydroxyl groups is 1. The molecule has 0 aliphatic heterocycles. The van der Waals surface area contributed by atoms with Gasteiger partial charge in [0.2, 0.25) is 0 Å². The second-order valence-electron chi connectivity index (χ2n) is 2.37. The Hall–Kier alpha value is 0.00948. The molecule has 1 atom stereocenters. The molecule has 0 aromatic carbocycles. The molecule has 0 saturated heterocycles. The quantitative estimate of drug-likeness (QED) is 0.674. The van der Waals surface area contributed by atoms with Gasteiger partial charge in [0.15, 0.2) is 0 Å². The summed E-state index contributed by atoms with van der Waals surface area (Å²) in [6.07, 6.45) is 2.74. The molecular formula is C7H13NO2SSe. The molecule has 0 aliphatic carbocycles. The van der Waals surface area contributed by atoms with E-state index in [1.54, 1.807) is 11.8 Å². The fraction of sp³-hybridized carbons (Fsp3) is 0.714. The molecule has 0 aliphatic rings. The van der Waals surface area contributed by atoms with Gasteiger partial charge in [-0.05, 0) is 0 Å². The zero-order valence-corrected chi connectivity index (χ0v) is 9.69. The third-order valence-electron chi connectivity index (χ3n) is 1.29. The molecule has 0 radical (unpaired) electrons. The number of rotatable bonds is 5. The van der Waals surface area contributed by atoms with Gasteiger partial charge in [0.05, 0.1) is 0 Å². The van der Waals surface area contributed by atoms with E-state index in [0.717, 1.165) is 12.2 Å². The first-order chi connectivity index (χ1) is 5.57. The van der Waals surface area contributed by atoms with Crippen molar-refractivity contribution in [2.75, 3.05) is 12.0 Å². The van der Waals surface area contributed by atoms with Crippen molar-refractivity contribution >= 4 is 37.8 Å². The predicted molar refractivity (Wildman–Crippen MR) is 53.3 cm³/mol. The zero-order valence-electron chi connectivity index (χ0n) is 7.16. The molecule has 0 fully saturated rings. The van der Waals surface area contributed by atoms with Crippen LogP contribution in [0.2, 0.25) is 0 Å². The molecule has 0 aromatic heterocycles. The van der Waals surface area contributed by atoms with Crippen LogP contribution in [0.4, 0.5) is 0 Å². The molecule has 0 rings (SSSR count). The van der Waals surface area contributed by atoms with Gasteiger partial charge in [-0.3, -0.25) is 0 Å². The van der Waals surface area contributed by atoms with Crippen molar-refractivity contribution in [1.29, 1.82) is 0 Å². The Balaban J connectivity index is 3.87. The molecule has 0 bridgehead atoms. The first-order valence-corrected chi connectivity index (χ1v) is 5.81. The number of carbonyl (C=O) groups is 1. The van der Waals surface area contributed by atoms with Crippen molar-refractivity contribution in [3.05, 3.63) is 0 Å². The second-order valence-corrected chi connectivity index (χ2v) is 4.24. The molecule has 0 aromatic rings. The SMILES string of the molecule is CSCC[C@H](NC(C)=O)C(O)=[Se]. The van der Waals surface area contributed by atoms with Crippen molar-refractivity contribution in [1.82, 2.24) is 5.32 Å². The maximum absolute atomic E-state index is 10.7. The van der Waals surface area contributed by atoms with Crippen LogP contribution < -0.4 is 5.32 Å². The molecule has 1 amide bonds. The van der Waals surface area contributed by atoms with Gasteiger partial charge < -0.3 is 0 Å². The number of hydrogen-bond acceptors (Lipinski definition) is 3. The first-order valence-electron chi connectivity index (χ1n) is 3.56. The van der Waals surface area contributed by atoms with Crippen molar-refractivity contribution in [3.63, 3.8) is 0 Å². The maximum atomic E-state index is 10.7. The summed E-state index contributed by atoms with van der Waals surface area (Å²) < 4.78 is 0.152. The fourth-order valence-electron chi connectivity index (χ4n) is 0.738. The van der Waals surface area contributed by atoms with Gasteiger partial charge in [0.1, 0.15) is 0 Å². The summed E-state index contributed by atoms with van der Waals surface area (Å²) in [5.41, 5.74) is 0. The van der Waals surface area contributed by atoms with Gasteiger partial charge in [0.25, 0.3) is 0 Å². The van der Waals surface area contributed by atoms with E-state index in [1.165, 1.54) is 6.92 Å². The van der Waals surface area contributed by atoms with Crippen molar-refractivity contribution < 1.29 is 9.90 Å². The Morgan fingerprint density at radius 3 is 2.67 bits per heavy atom. The molecule has 12 heavy (non-hydrogen) atoms. The van der Waals surface area contributed by atoms with E-state index < -0.39 is 0 Å². The van der Waals surface area contributed by atoms with Gasteiger partial charge in [-0.15, -0.1) is 0 Å².